The highest BCUT2D eigenvalue weighted by atomic mass is 16.1. The van der Waals surface area contributed by atoms with Crippen LogP contribution in [-0.4, -0.2) is 30.9 Å². The molecule has 1 fully saturated rings. The van der Waals surface area contributed by atoms with Gasteiger partial charge in [0.05, 0.1) is 11.3 Å². The number of nitrogens with zero attached hydrogens (tertiary/aromatic N) is 2. The largest absolute Gasteiger partial charge is 0.325 e. The number of nitriles is 1. The summed E-state index contributed by atoms with van der Waals surface area (Å²) in [6.07, 6.45) is 4.06. The Kier molecular flexibility index (Phi) is 5.14. The molecular weight excluding hydrogens is 250 g/mol. The molecule has 1 N–H and O–H groups in total. The van der Waals surface area contributed by atoms with Crippen LogP contribution in [0.25, 0.3) is 0 Å². The van der Waals surface area contributed by atoms with Gasteiger partial charge < -0.3 is 10.2 Å². The second kappa shape index (κ2) is 7.06. The van der Waals surface area contributed by atoms with Crippen molar-refractivity contribution in [1.29, 1.82) is 5.26 Å². The van der Waals surface area contributed by atoms with Gasteiger partial charge in [-0.15, -0.1) is 0 Å². The van der Waals surface area contributed by atoms with E-state index >= 15 is 0 Å². The average molecular weight is 271 g/mol. The fourth-order valence-corrected chi connectivity index (χ4v) is 2.24. The van der Waals surface area contributed by atoms with Crippen LogP contribution in [0.4, 0.5) is 5.69 Å². The highest BCUT2D eigenvalue weighted by Crippen LogP contribution is 2.29. The molecule has 1 saturated carbocycles. The second-order valence-corrected chi connectivity index (χ2v) is 5.51. The van der Waals surface area contributed by atoms with Crippen LogP contribution in [0.15, 0.2) is 24.3 Å². The molecule has 1 aliphatic rings. The van der Waals surface area contributed by atoms with E-state index in [2.05, 4.69) is 23.3 Å². The van der Waals surface area contributed by atoms with E-state index in [1.165, 1.54) is 12.8 Å². The van der Waals surface area contributed by atoms with Gasteiger partial charge in [-0.25, -0.2) is 0 Å². The number of benzene rings is 1. The van der Waals surface area contributed by atoms with Gasteiger partial charge in [-0.05, 0) is 50.9 Å². The van der Waals surface area contributed by atoms with Crippen LogP contribution in [-0.2, 0) is 4.79 Å². The van der Waals surface area contributed by atoms with Crippen molar-refractivity contribution in [2.24, 2.45) is 5.92 Å². The van der Waals surface area contributed by atoms with Crippen LogP contribution >= 0.6 is 0 Å². The zero-order valence-electron chi connectivity index (χ0n) is 11.9. The number of amides is 1. The summed E-state index contributed by atoms with van der Waals surface area (Å²) in [6, 6.07) is 9.16. The molecule has 0 heterocycles. The fourth-order valence-electron chi connectivity index (χ4n) is 2.24. The molecule has 20 heavy (non-hydrogen) atoms. The van der Waals surface area contributed by atoms with Gasteiger partial charge >= 0.3 is 0 Å². The molecule has 4 nitrogen and oxygen atoms in total. The minimum absolute atomic E-state index is 0.0208. The highest BCUT2D eigenvalue weighted by molar-refractivity contribution is 5.92. The lowest BCUT2D eigenvalue weighted by Gasteiger charge is -2.15. The van der Waals surface area contributed by atoms with E-state index in [-0.39, 0.29) is 5.91 Å². The predicted molar refractivity (Wildman–Crippen MR) is 79.2 cm³/mol. The summed E-state index contributed by atoms with van der Waals surface area (Å²) in [4.78, 5) is 14.2. The van der Waals surface area contributed by atoms with Gasteiger partial charge in [0, 0.05) is 13.0 Å². The van der Waals surface area contributed by atoms with Crippen molar-refractivity contribution in [2.75, 3.05) is 25.5 Å². The molecule has 0 radical (unpaired) electrons. The van der Waals surface area contributed by atoms with Crippen molar-refractivity contribution in [3.63, 3.8) is 0 Å². The molecule has 1 amide bonds. The summed E-state index contributed by atoms with van der Waals surface area (Å²) < 4.78 is 0. The van der Waals surface area contributed by atoms with E-state index in [9.17, 15) is 4.79 Å². The Hall–Kier alpha value is -1.86. The van der Waals surface area contributed by atoms with Gasteiger partial charge in [-0.1, -0.05) is 12.1 Å². The summed E-state index contributed by atoms with van der Waals surface area (Å²) in [6.45, 7) is 2.10. The van der Waals surface area contributed by atoms with Gasteiger partial charge in [-0.2, -0.15) is 5.26 Å². The Morgan fingerprint density at radius 3 is 2.90 bits per heavy atom. The van der Waals surface area contributed by atoms with Crippen LogP contribution < -0.4 is 5.32 Å². The Labute approximate surface area is 120 Å². The maximum Gasteiger partial charge on any atom is 0.224 e. The van der Waals surface area contributed by atoms with E-state index in [0.29, 0.717) is 17.7 Å². The van der Waals surface area contributed by atoms with Crippen molar-refractivity contribution in [3.05, 3.63) is 29.8 Å². The van der Waals surface area contributed by atoms with E-state index < -0.39 is 0 Å². The molecule has 0 bridgehead atoms. The van der Waals surface area contributed by atoms with Crippen molar-refractivity contribution in [3.8, 4) is 6.07 Å². The maximum atomic E-state index is 11.9. The van der Waals surface area contributed by atoms with E-state index in [4.69, 9.17) is 5.26 Å². The Morgan fingerprint density at radius 1 is 1.45 bits per heavy atom. The smallest absolute Gasteiger partial charge is 0.224 e. The molecule has 1 aliphatic carbocycles. The third kappa shape index (κ3) is 4.67. The Balaban J connectivity index is 1.70. The number of carbonyl (C=O) groups is 1. The monoisotopic (exact) mass is 271 g/mol. The van der Waals surface area contributed by atoms with E-state index in [1.54, 1.807) is 18.2 Å². The van der Waals surface area contributed by atoms with Crippen LogP contribution in [0.1, 0.15) is 31.2 Å². The Bertz CT molecular complexity index is 503. The second-order valence-electron chi connectivity index (χ2n) is 5.51. The summed E-state index contributed by atoms with van der Waals surface area (Å²) in [5.41, 5.74) is 1.11. The molecule has 2 rings (SSSR count). The average Bonchev–Trinajstić information content (AvgIpc) is 3.23. The first-order valence-corrected chi connectivity index (χ1v) is 7.16. The molecule has 0 saturated heterocycles. The van der Waals surface area contributed by atoms with Gasteiger partial charge in [0.15, 0.2) is 0 Å². The first kappa shape index (κ1) is 14.5. The summed E-state index contributed by atoms with van der Waals surface area (Å²) >= 11 is 0. The number of rotatable bonds is 7. The lowest BCUT2D eigenvalue weighted by atomic mass is 10.2. The molecule has 4 heteroatoms. The van der Waals surface area contributed by atoms with Gasteiger partial charge in [0.25, 0.3) is 0 Å². The van der Waals surface area contributed by atoms with Crippen LogP contribution in [0.3, 0.4) is 0 Å². The van der Waals surface area contributed by atoms with Crippen LogP contribution in [0, 0.1) is 17.2 Å². The minimum Gasteiger partial charge on any atom is -0.325 e. The zero-order chi connectivity index (χ0) is 14.4. The standard InChI is InChI=1S/C16H21N3O/c1-19(12-13-8-9-13)10-4-7-16(20)18-15-6-3-2-5-14(15)11-17/h2-3,5-6,13H,4,7-10,12H2,1H3,(H,18,20). The number of hydrogen-bond acceptors (Lipinski definition) is 3. The summed E-state index contributed by atoms with van der Waals surface area (Å²) in [7, 11) is 2.11. The van der Waals surface area contributed by atoms with Crippen LogP contribution in [0.5, 0.6) is 0 Å². The van der Waals surface area contributed by atoms with Crippen molar-refractivity contribution in [1.82, 2.24) is 4.90 Å². The van der Waals surface area contributed by atoms with Gasteiger partial charge in [-0.3, -0.25) is 4.79 Å². The molecule has 0 unspecified atom stereocenters. The fraction of sp³-hybridized carbons (Fsp3) is 0.500. The third-order valence-electron chi connectivity index (χ3n) is 3.53. The molecule has 0 aliphatic heterocycles. The SMILES string of the molecule is CN(CCCC(=O)Nc1ccccc1C#N)CC1CC1. The third-order valence-corrected chi connectivity index (χ3v) is 3.53. The number of carbonyl (C=O) groups excluding carboxylic acids is 1. The maximum absolute atomic E-state index is 11.9. The molecule has 1 aromatic rings. The molecule has 0 atom stereocenters. The normalized spacial score (nSPS) is 14.1. The van der Waals surface area contributed by atoms with Crippen molar-refractivity contribution < 1.29 is 4.79 Å². The topological polar surface area (TPSA) is 56.1 Å². The number of nitrogens with one attached hydrogen (secondary N) is 1. The summed E-state index contributed by atoms with van der Waals surface area (Å²) in [5.74, 6) is 0.865. The molecular formula is C16H21N3O. The molecule has 0 spiro atoms. The predicted octanol–water partition coefficient (Wildman–Crippen LogP) is 2.62. The molecule has 1 aromatic carbocycles. The molecule has 0 aromatic heterocycles. The first-order valence-electron chi connectivity index (χ1n) is 7.16. The minimum atomic E-state index is -0.0208. The van der Waals surface area contributed by atoms with Crippen LogP contribution in [0.2, 0.25) is 0 Å². The highest BCUT2D eigenvalue weighted by Gasteiger charge is 2.22. The number of para-hydroxylation sites is 1. The van der Waals surface area contributed by atoms with Crippen molar-refractivity contribution >= 4 is 11.6 Å². The quantitative estimate of drug-likeness (QED) is 0.829. The number of hydrogen-bond donors (Lipinski definition) is 1. The molecule has 106 valence electrons. The Morgan fingerprint density at radius 2 is 2.20 bits per heavy atom. The van der Waals surface area contributed by atoms with Gasteiger partial charge in [0.2, 0.25) is 5.91 Å². The lowest BCUT2D eigenvalue weighted by molar-refractivity contribution is -0.116. The number of anilines is 1. The van der Waals surface area contributed by atoms with Gasteiger partial charge in [0.1, 0.15) is 6.07 Å². The van der Waals surface area contributed by atoms with E-state index in [0.717, 1.165) is 25.4 Å². The zero-order valence-corrected chi connectivity index (χ0v) is 11.9. The van der Waals surface area contributed by atoms with E-state index in [1.807, 2.05) is 6.07 Å². The lowest BCUT2D eigenvalue weighted by Crippen LogP contribution is -2.23. The first-order chi connectivity index (χ1) is 9.69. The summed E-state index contributed by atoms with van der Waals surface area (Å²) in [5, 5.41) is 11.8. The van der Waals surface area contributed by atoms with Crippen molar-refractivity contribution in [2.45, 2.75) is 25.7 Å².